The number of carbonyl (C=O) groups is 2. The topological polar surface area (TPSA) is 43.4 Å². The zero-order valence-corrected chi connectivity index (χ0v) is 15.9. The smallest absolute Gasteiger partial charge is 0.460 e. The summed E-state index contributed by atoms with van der Waals surface area (Å²) in [6.07, 6.45) is -11.3. The first kappa shape index (κ1) is 31.1. The Morgan fingerprint density at radius 3 is 1.30 bits per heavy atom. The van der Waals surface area contributed by atoms with Crippen LogP contribution in [0.5, 0.6) is 0 Å². The van der Waals surface area contributed by atoms with Gasteiger partial charge in [-0.1, -0.05) is 6.42 Å². The number of hydrogen-bond donors (Lipinski definition) is 0. The van der Waals surface area contributed by atoms with Gasteiger partial charge >= 0.3 is 47.7 Å². The molecule has 0 aliphatic carbocycles. The van der Waals surface area contributed by atoms with E-state index in [9.17, 15) is 75.4 Å². The van der Waals surface area contributed by atoms with Crippen LogP contribution < -0.4 is 0 Å². The lowest BCUT2D eigenvalue weighted by Crippen LogP contribution is -2.73. The van der Waals surface area contributed by atoms with Crippen molar-refractivity contribution in [3.8, 4) is 0 Å². The first-order valence-corrected chi connectivity index (χ1v) is 8.31. The number of halogens is 15. The molecule has 0 bridgehead atoms. The molecule has 0 aliphatic heterocycles. The van der Waals surface area contributed by atoms with Crippen molar-refractivity contribution in [2.24, 2.45) is 0 Å². The highest BCUT2D eigenvalue weighted by atomic mass is 19.4. The Balaban J connectivity index is 5.89. The number of alkyl halides is 15. The minimum Gasteiger partial charge on any atom is -0.469 e. The van der Waals surface area contributed by atoms with Crippen molar-refractivity contribution in [2.45, 2.75) is 73.8 Å². The van der Waals surface area contributed by atoms with Crippen LogP contribution in [0, 0.1) is 0 Å². The van der Waals surface area contributed by atoms with Gasteiger partial charge in [-0.3, -0.25) is 9.59 Å². The summed E-state index contributed by atoms with van der Waals surface area (Å²) in [6, 6.07) is 0. The summed E-state index contributed by atoms with van der Waals surface area (Å²) in [4.78, 5) is 22.0. The number of rotatable bonds is 12. The number of ether oxygens (including phenoxy) is 1. The Bertz CT molecular complexity index is 712. The molecule has 3 nitrogen and oxygen atoms in total. The van der Waals surface area contributed by atoms with E-state index in [0.717, 1.165) is 7.11 Å². The number of ketones is 1. The van der Waals surface area contributed by atoms with Gasteiger partial charge in [0.2, 0.25) is 5.78 Å². The van der Waals surface area contributed by atoms with Gasteiger partial charge in [0.1, 0.15) is 0 Å². The number of unbranched alkanes of at least 4 members (excludes halogenated alkanes) is 2. The van der Waals surface area contributed by atoms with Crippen LogP contribution in [0.2, 0.25) is 0 Å². The largest absolute Gasteiger partial charge is 0.469 e. The third-order valence-electron chi connectivity index (χ3n) is 4.19. The molecule has 0 spiro atoms. The van der Waals surface area contributed by atoms with Crippen molar-refractivity contribution in [3.63, 3.8) is 0 Å². The summed E-state index contributed by atoms with van der Waals surface area (Å²) < 4.78 is 199. The number of hydrogen-bond acceptors (Lipinski definition) is 3. The minimum absolute atomic E-state index is 0.213. The second-order valence-corrected chi connectivity index (χ2v) is 6.50. The van der Waals surface area contributed by atoms with E-state index in [4.69, 9.17) is 0 Å². The maximum absolute atomic E-state index is 13.6. The molecule has 0 aromatic rings. The van der Waals surface area contributed by atoms with Crippen LogP contribution in [0.25, 0.3) is 0 Å². The van der Waals surface area contributed by atoms with Crippen molar-refractivity contribution in [1.82, 2.24) is 0 Å². The summed E-state index contributed by atoms with van der Waals surface area (Å²) >= 11 is 0. The summed E-state index contributed by atoms with van der Waals surface area (Å²) in [6.45, 7) is 0. The molecule has 0 radical (unpaired) electrons. The molecule has 0 amide bonds. The highest BCUT2D eigenvalue weighted by molar-refractivity contribution is 5.87. The third-order valence-corrected chi connectivity index (χ3v) is 4.19. The number of methoxy groups -OCH3 is 1. The van der Waals surface area contributed by atoms with Crippen LogP contribution in [0.1, 0.15) is 32.1 Å². The van der Waals surface area contributed by atoms with E-state index >= 15 is 0 Å². The van der Waals surface area contributed by atoms with Gasteiger partial charge in [-0.15, -0.1) is 0 Å². The molecule has 0 saturated carbocycles. The van der Waals surface area contributed by atoms with E-state index < -0.39 is 66.3 Å². The van der Waals surface area contributed by atoms with E-state index in [1.165, 1.54) is 0 Å². The first-order chi connectivity index (χ1) is 14.4. The highest BCUT2D eigenvalue weighted by Crippen LogP contribution is 2.62. The molecule has 0 aromatic carbocycles. The fourth-order valence-corrected chi connectivity index (χ4v) is 2.13. The molecular formula is C15H13F15O3. The molecule has 0 atom stereocenters. The van der Waals surface area contributed by atoms with Crippen molar-refractivity contribution in [1.29, 1.82) is 0 Å². The lowest BCUT2D eigenvalue weighted by atomic mass is 9.89. The average molecular weight is 526 g/mol. The molecular weight excluding hydrogens is 513 g/mol. The fourth-order valence-electron chi connectivity index (χ4n) is 2.13. The second-order valence-electron chi connectivity index (χ2n) is 6.50. The average Bonchev–Trinajstić information content (AvgIpc) is 2.65. The van der Waals surface area contributed by atoms with E-state index in [1.54, 1.807) is 0 Å². The second kappa shape index (κ2) is 9.38. The van der Waals surface area contributed by atoms with Crippen molar-refractivity contribution in [2.75, 3.05) is 7.11 Å². The molecule has 33 heavy (non-hydrogen) atoms. The quantitative estimate of drug-likeness (QED) is 0.177. The maximum Gasteiger partial charge on any atom is 0.460 e. The van der Waals surface area contributed by atoms with Gasteiger partial charge in [0, 0.05) is 12.8 Å². The Labute approximate surface area is 174 Å². The Hall–Kier alpha value is -1.91. The molecule has 0 aromatic heterocycles. The van der Waals surface area contributed by atoms with Crippen LogP contribution >= 0.6 is 0 Å². The van der Waals surface area contributed by atoms with Crippen molar-refractivity contribution in [3.05, 3.63) is 0 Å². The number of esters is 1. The van der Waals surface area contributed by atoms with E-state index in [0.29, 0.717) is 0 Å². The Kier molecular flexibility index (Phi) is 8.84. The molecule has 0 saturated heterocycles. The van der Waals surface area contributed by atoms with Crippen LogP contribution in [-0.2, 0) is 14.3 Å². The maximum atomic E-state index is 13.6. The fraction of sp³-hybridized carbons (Fsp3) is 0.867. The van der Waals surface area contributed by atoms with Crippen molar-refractivity contribution >= 4 is 11.8 Å². The number of Topliss-reactive ketones (excluding diaryl/α,β-unsaturated/α-hetero) is 1. The van der Waals surface area contributed by atoms with Crippen molar-refractivity contribution < 1.29 is 80.2 Å². The number of carbonyl (C=O) groups excluding carboxylic acids is 2. The normalized spacial score (nSPS) is 14.9. The zero-order valence-electron chi connectivity index (χ0n) is 15.9. The lowest BCUT2D eigenvalue weighted by Gasteiger charge is -2.41. The van der Waals surface area contributed by atoms with Crippen LogP contribution in [-0.4, -0.2) is 60.6 Å². The molecule has 0 aliphatic rings. The molecule has 0 fully saturated rings. The summed E-state index contributed by atoms with van der Waals surface area (Å²) in [7, 11) is 0.943. The minimum atomic E-state index is -8.42. The van der Waals surface area contributed by atoms with Gasteiger partial charge in [-0.05, 0) is 12.8 Å². The SMILES string of the molecule is COC(=O)CCCCCC(=O)C(F)(F)C(F)(F)C(F)(F)C(F)(F)C(F)(F)C(F)(F)C(F)(F)F. The van der Waals surface area contributed by atoms with Crippen LogP contribution in [0.4, 0.5) is 65.9 Å². The molecule has 0 N–H and O–H groups in total. The zero-order chi connectivity index (χ0) is 26.9. The molecule has 0 unspecified atom stereocenters. The van der Waals surface area contributed by atoms with Crippen LogP contribution in [0.15, 0.2) is 0 Å². The monoisotopic (exact) mass is 526 g/mol. The summed E-state index contributed by atoms with van der Waals surface area (Å²) in [5.41, 5.74) is 0. The third kappa shape index (κ3) is 5.12. The van der Waals surface area contributed by atoms with Gasteiger partial charge in [-0.25, -0.2) is 0 Å². The Morgan fingerprint density at radius 2 is 0.909 bits per heavy atom. The van der Waals surface area contributed by atoms with Gasteiger partial charge in [-0.2, -0.15) is 65.9 Å². The van der Waals surface area contributed by atoms with E-state index in [1.807, 2.05) is 0 Å². The lowest BCUT2D eigenvalue weighted by molar-refractivity contribution is -0.449. The molecule has 0 rings (SSSR count). The van der Waals surface area contributed by atoms with E-state index in [2.05, 4.69) is 4.74 Å². The highest BCUT2D eigenvalue weighted by Gasteiger charge is 2.93. The predicted octanol–water partition coefficient (Wildman–Crippen LogP) is 6.05. The molecule has 18 heteroatoms. The molecule has 0 heterocycles. The summed E-state index contributed by atoms with van der Waals surface area (Å²) in [5, 5.41) is 0. The van der Waals surface area contributed by atoms with Crippen LogP contribution in [0.3, 0.4) is 0 Å². The predicted molar refractivity (Wildman–Crippen MR) is 75.8 cm³/mol. The standard InChI is InChI=1S/C15H13F15O3/c1-33-8(32)6-4-2-3-5-7(31)9(16,17)10(18,19)11(20,21)12(22,23)13(24,25)14(26,27)15(28,29)30/h2-6H2,1H3. The van der Waals surface area contributed by atoms with E-state index in [-0.39, 0.29) is 19.3 Å². The van der Waals surface area contributed by atoms with Gasteiger partial charge in [0.15, 0.2) is 0 Å². The van der Waals surface area contributed by atoms with Gasteiger partial charge in [0.25, 0.3) is 0 Å². The summed E-state index contributed by atoms with van der Waals surface area (Å²) in [5.74, 6) is -51.9. The Morgan fingerprint density at radius 1 is 0.545 bits per heavy atom. The first-order valence-electron chi connectivity index (χ1n) is 8.31. The molecule has 196 valence electrons. The van der Waals surface area contributed by atoms with Gasteiger partial charge in [0.05, 0.1) is 7.11 Å². The van der Waals surface area contributed by atoms with Gasteiger partial charge < -0.3 is 4.74 Å².